The largest absolute Gasteiger partial charge is 0.368 e. The third kappa shape index (κ3) is 6.53. The maximum absolute atomic E-state index is 13.5. The van der Waals surface area contributed by atoms with Crippen LogP contribution in [0.25, 0.3) is 11.0 Å². The van der Waals surface area contributed by atoms with Crippen LogP contribution in [0.1, 0.15) is 39.2 Å². The summed E-state index contributed by atoms with van der Waals surface area (Å²) in [7, 11) is 2.46. The van der Waals surface area contributed by atoms with Gasteiger partial charge in [-0.15, -0.1) is 0 Å². The molecule has 0 radical (unpaired) electrons. The van der Waals surface area contributed by atoms with E-state index in [4.69, 9.17) is 4.74 Å². The fourth-order valence-corrected chi connectivity index (χ4v) is 6.61. The van der Waals surface area contributed by atoms with Gasteiger partial charge in [-0.05, 0) is 64.5 Å². The second-order valence-corrected chi connectivity index (χ2v) is 18.7. The Bertz CT molecular complexity index is 1280. The summed E-state index contributed by atoms with van der Waals surface area (Å²) in [4.78, 5) is 45.7. The standard InChI is InChI=1S/C29H48N6O4Si/c1-29(2)20-32(15-16-33(29)14-8-13-30-3)22-9-10-23-25(19-22)31(4)28(38)35(23)24-11-12-26(36)34(27(24)37)21-39-17-18-40(5,6)7/h9-10,19,24,30H,8,11-18,20-21H2,1-7H3/t24-/m1/s1. The van der Waals surface area contributed by atoms with Crippen LogP contribution in [0, 0.1) is 0 Å². The van der Waals surface area contributed by atoms with Crippen LogP contribution >= 0.6 is 0 Å². The number of rotatable bonds is 11. The van der Waals surface area contributed by atoms with Crippen molar-refractivity contribution < 1.29 is 14.3 Å². The van der Waals surface area contributed by atoms with Gasteiger partial charge in [0.25, 0.3) is 5.91 Å². The summed E-state index contributed by atoms with van der Waals surface area (Å²) in [6.45, 7) is 16.7. The van der Waals surface area contributed by atoms with Crippen LogP contribution in [-0.4, -0.2) is 97.5 Å². The van der Waals surface area contributed by atoms with Crippen LogP contribution in [0.4, 0.5) is 5.69 Å². The minimum Gasteiger partial charge on any atom is -0.368 e. The summed E-state index contributed by atoms with van der Waals surface area (Å²) in [6, 6.07) is 6.31. The number of fused-ring (bicyclic) bond motifs is 1. The van der Waals surface area contributed by atoms with Gasteiger partial charge in [-0.25, -0.2) is 4.79 Å². The Labute approximate surface area is 239 Å². The molecule has 11 heteroatoms. The average molecular weight is 573 g/mol. The number of amides is 2. The molecule has 10 nitrogen and oxygen atoms in total. The number of ether oxygens (including phenoxy) is 1. The number of likely N-dealkylation sites (tertiary alicyclic amines) is 1. The predicted octanol–water partition coefficient (Wildman–Crippen LogP) is 2.85. The molecular formula is C29H48N6O4Si. The van der Waals surface area contributed by atoms with E-state index in [0.717, 1.165) is 56.4 Å². The van der Waals surface area contributed by atoms with E-state index >= 15 is 0 Å². The van der Waals surface area contributed by atoms with Crippen molar-refractivity contribution in [1.82, 2.24) is 24.3 Å². The fourth-order valence-electron chi connectivity index (χ4n) is 5.85. The zero-order chi connectivity index (χ0) is 29.2. The van der Waals surface area contributed by atoms with Crippen LogP contribution in [0.2, 0.25) is 25.7 Å². The number of aromatic nitrogens is 2. The molecule has 1 atom stereocenters. The highest BCUT2D eigenvalue weighted by molar-refractivity contribution is 6.76. The molecule has 2 aromatic rings. The van der Waals surface area contributed by atoms with Crippen LogP contribution in [0.5, 0.6) is 0 Å². The summed E-state index contributed by atoms with van der Waals surface area (Å²) in [5, 5.41) is 3.23. The van der Waals surface area contributed by atoms with Crippen LogP contribution in [-0.2, 0) is 21.4 Å². The van der Waals surface area contributed by atoms with E-state index in [1.54, 1.807) is 16.2 Å². The van der Waals surface area contributed by atoms with Gasteiger partial charge < -0.3 is 15.0 Å². The van der Waals surface area contributed by atoms with E-state index in [0.29, 0.717) is 18.5 Å². The first-order valence-corrected chi connectivity index (χ1v) is 18.3. The van der Waals surface area contributed by atoms with Gasteiger partial charge >= 0.3 is 5.69 Å². The Morgan fingerprint density at radius 2 is 1.85 bits per heavy atom. The number of anilines is 1. The maximum Gasteiger partial charge on any atom is 0.329 e. The molecule has 1 aromatic heterocycles. The minimum atomic E-state index is -1.29. The molecule has 0 unspecified atom stereocenters. The molecule has 2 aliphatic heterocycles. The SMILES string of the molecule is CNCCCN1CCN(c2ccc3c(c2)n(C)c(=O)n3[C@@H]2CCC(=O)N(COCC[Si](C)(C)C)C2=O)CC1(C)C. The van der Waals surface area contributed by atoms with E-state index < -0.39 is 14.1 Å². The first kappa shape index (κ1) is 30.5. The highest BCUT2D eigenvalue weighted by atomic mass is 28.3. The van der Waals surface area contributed by atoms with Gasteiger partial charge in [-0.1, -0.05) is 19.6 Å². The van der Waals surface area contributed by atoms with Crippen LogP contribution in [0.15, 0.2) is 23.0 Å². The summed E-state index contributed by atoms with van der Waals surface area (Å²) < 4.78 is 8.94. The van der Waals surface area contributed by atoms with Crippen molar-refractivity contribution in [2.24, 2.45) is 7.05 Å². The Kier molecular flexibility index (Phi) is 9.28. The molecule has 222 valence electrons. The van der Waals surface area contributed by atoms with E-state index in [1.165, 1.54) is 4.90 Å². The van der Waals surface area contributed by atoms with Gasteiger partial charge in [0, 0.05) is 65.6 Å². The molecule has 2 amide bonds. The zero-order valence-corrected chi connectivity index (χ0v) is 26.5. The van der Waals surface area contributed by atoms with Crippen molar-refractivity contribution in [2.75, 3.05) is 58.0 Å². The monoisotopic (exact) mass is 572 g/mol. The van der Waals surface area contributed by atoms with E-state index in [2.05, 4.69) is 60.7 Å². The number of piperazine rings is 1. The van der Waals surface area contributed by atoms with Gasteiger partial charge in [0.1, 0.15) is 12.8 Å². The number of benzene rings is 1. The topological polar surface area (TPSA) is 92.1 Å². The Morgan fingerprint density at radius 1 is 1.10 bits per heavy atom. The normalized spacial score (nSPS) is 20.6. The van der Waals surface area contributed by atoms with Crippen LogP contribution < -0.4 is 15.9 Å². The molecule has 1 N–H and O–H groups in total. The van der Waals surface area contributed by atoms with Gasteiger partial charge in [0.15, 0.2) is 0 Å². The van der Waals surface area contributed by atoms with Gasteiger partial charge in [-0.2, -0.15) is 0 Å². The van der Waals surface area contributed by atoms with Crippen LogP contribution in [0.3, 0.4) is 0 Å². The summed E-state index contributed by atoms with van der Waals surface area (Å²) in [6.07, 6.45) is 1.64. The fraction of sp³-hybridized carbons (Fsp3) is 0.690. The average Bonchev–Trinajstić information content (AvgIpc) is 3.13. The lowest BCUT2D eigenvalue weighted by molar-refractivity contribution is -0.157. The lowest BCUT2D eigenvalue weighted by Gasteiger charge is -2.48. The maximum atomic E-state index is 13.5. The predicted molar refractivity (Wildman–Crippen MR) is 163 cm³/mol. The highest BCUT2D eigenvalue weighted by Gasteiger charge is 2.38. The van der Waals surface area contributed by atoms with E-state index in [9.17, 15) is 14.4 Å². The number of piperidine rings is 1. The summed E-state index contributed by atoms with van der Waals surface area (Å²) >= 11 is 0. The molecule has 0 bridgehead atoms. The quantitative estimate of drug-likeness (QED) is 0.252. The molecular weight excluding hydrogens is 524 g/mol. The smallest absolute Gasteiger partial charge is 0.329 e. The van der Waals surface area contributed by atoms with E-state index in [1.807, 2.05) is 13.1 Å². The molecule has 0 saturated carbocycles. The molecule has 2 saturated heterocycles. The van der Waals surface area contributed by atoms with Crippen molar-refractivity contribution in [3.05, 3.63) is 28.7 Å². The van der Waals surface area contributed by atoms with Crippen molar-refractivity contribution in [3.8, 4) is 0 Å². The molecule has 4 rings (SSSR count). The second-order valence-electron chi connectivity index (χ2n) is 13.1. The number of hydrogen-bond donors (Lipinski definition) is 1. The van der Waals surface area contributed by atoms with Gasteiger partial charge in [0.05, 0.1) is 11.0 Å². The third-order valence-electron chi connectivity index (χ3n) is 8.38. The first-order valence-electron chi connectivity index (χ1n) is 14.6. The molecule has 0 spiro atoms. The van der Waals surface area contributed by atoms with Crippen molar-refractivity contribution >= 4 is 36.6 Å². The highest BCUT2D eigenvalue weighted by Crippen LogP contribution is 2.31. The molecule has 3 heterocycles. The number of hydrogen-bond acceptors (Lipinski definition) is 7. The lowest BCUT2D eigenvalue weighted by Crippen LogP contribution is -2.59. The number of carbonyl (C=O) groups excluding carboxylic acids is 2. The molecule has 0 aliphatic carbocycles. The number of aryl methyl sites for hydroxylation is 1. The Morgan fingerprint density at radius 3 is 2.52 bits per heavy atom. The molecule has 2 fully saturated rings. The summed E-state index contributed by atoms with van der Waals surface area (Å²) in [5.41, 5.74) is 2.37. The molecule has 2 aliphatic rings. The van der Waals surface area contributed by atoms with Crippen molar-refractivity contribution in [3.63, 3.8) is 0 Å². The minimum absolute atomic E-state index is 0.0282. The first-order chi connectivity index (χ1) is 18.8. The number of imidazole rings is 1. The third-order valence-corrected chi connectivity index (χ3v) is 10.1. The number of nitrogens with one attached hydrogen (secondary N) is 1. The van der Waals surface area contributed by atoms with Crippen molar-refractivity contribution in [1.29, 1.82) is 0 Å². The second kappa shape index (κ2) is 12.2. The number of imide groups is 1. The number of carbonyl (C=O) groups is 2. The molecule has 1 aromatic carbocycles. The lowest BCUT2D eigenvalue weighted by atomic mass is 9.97. The number of nitrogens with zero attached hydrogens (tertiary/aromatic N) is 5. The Hall–Kier alpha value is -2.47. The van der Waals surface area contributed by atoms with Gasteiger partial charge in [0.2, 0.25) is 5.91 Å². The van der Waals surface area contributed by atoms with Gasteiger partial charge in [-0.3, -0.25) is 28.5 Å². The Balaban J connectivity index is 1.53. The van der Waals surface area contributed by atoms with E-state index in [-0.39, 0.29) is 36.2 Å². The van der Waals surface area contributed by atoms with Crippen molar-refractivity contribution in [2.45, 2.75) is 70.4 Å². The zero-order valence-electron chi connectivity index (χ0n) is 25.5. The summed E-state index contributed by atoms with van der Waals surface area (Å²) in [5.74, 6) is -0.600. The molecule has 40 heavy (non-hydrogen) atoms.